The number of hydrogen-bond acceptors (Lipinski definition) is 3. The molecule has 0 radical (unpaired) electrons. The Kier molecular flexibility index (Phi) is 14.2. The zero-order valence-electron chi connectivity index (χ0n) is 13.2. The molecule has 0 heterocycles. The van der Waals surface area contributed by atoms with Gasteiger partial charge in [0, 0.05) is 6.42 Å². The van der Waals surface area contributed by atoms with Crippen LogP contribution in [-0.4, -0.2) is 22.5 Å². The molecular weight excluding hydrogens is 280 g/mol. The second-order valence-corrected chi connectivity index (χ2v) is 5.24. The first kappa shape index (κ1) is 20.2. The molecule has 22 heavy (non-hydrogen) atoms. The van der Waals surface area contributed by atoms with Crippen LogP contribution in [0.15, 0.2) is 36.1 Å². The molecule has 4 nitrogen and oxygen atoms in total. The molecule has 2 N–H and O–H groups in total. The number of hydrogen-bond donors (Lipinski definition) is 2. The molecule has 0 aliphatic rings. The Bertz CT molecular complexity index is 381. The van der Waals surface area contributed by atoms with Crippen molar-refractivity contribution in [3.63, 3.8) is 0 Å². The van der Waals surface area contributed by atoms with Crippen LogP contribution >= 0.6 is 0 Å². The standard InChI is InChI=1S/C18H28O4/c19-16-14-12-10-8-6-4-2-1-3-5-7-9-11-13-15-17(20)18(21)22/h7,9,11,13,15-16,20H,1-6,8,10,12,14H2,(H,21,22). The molecule has 0 fully saturated rings. The van der Waals surface area contributed by atoms with E-state index in [9.17, 15) is 9.59 Å². The second kappa shape index (κ2) is 15.5. The Balaban J connectivity index is 3.37. The van der Waals surface area contributed by atoms with Crippen LogP contribution in [0.25, 0.3) is 0 Å². The number of aliphatic hydroxyl groups excluding tert-OH is 1. The molecule has 0 saturated carbocycles. The summed E-state index contributed by atoms with van der Waals surface area (Å²) < 4.78 is 0. The van der Waals surface area contributed by atoms with E-state index >= 15 is 0 Å². The summed E-state index contributed by atoms with van der Waals surface area (Å²) in [6.45, 7) is 0. The van der Waals surface area contributed by atoms with E-state index in [-0.39, 0.29) is 0 Å². The summed E-state index contributed by atoms with van der Waals surface area (Å²) in [4.78, 5) is 20.4. The molecule has 4 heteroatoms. The molecule has 124 valence electrons. The molecule has 0 amide bonds. The molecule has 0 aliphatic carbocycles. The summed E-state index contributed by atoms with van der Waals surface area (Å²) in [7, 11) is 0. The zero-order chi connectivity index (χ0) is 16.5. The van der Waals surface area contributed by atoms with Crippen molar-refractivity contribution in [2.24, 2.45) is 0 Å². The number of aliphatic hydroxyl groups is 1. The third kappa shape index (κ3) is 14.6. The minimum Gasteiger partial charge on any atom is -0.502 e. The van der Waals surface area contributed by atoms with Crippen LogP contribution in [0.5, 0.6) is 0 Å². The quantitative estimate of drug-likeness (QED) is 0.160. The van der Waals surface area contributed by atoms with E-state index in [1.54, 1.807) is 6.08 Å². The summed E-state index contributed by atoms with van der Waals surface area (Å²) >= 11 is 0. The van der Waals surface area contributed by atoms with Gasteiger partial charge in [0.25, 0.3) is 0 Å². The number of carboxylic acids is 1. The third-order valence-electron chi connectivity index (χ3n) is 3.27. The van der Waals surface area contributed by atoms with Crippen molar-refractivity contribution in [3.05, 3.63) is 36.1 Å². The molecule has 0 aromatic carbocycles. The minimum atomic E-state index is -1.32. The Morgan fingerprint density at radius 1 is 0.727 bits per heavy atom. The van der Waals surface area contributed by atoms with Crippen molar-refractivity contribution >= 4 is 12.3 Å². The zero-order valence-corrected chi connectivity index (χ0v) is 13.2. The van der Waals surface area contributed by atoms with Crippen LogP contribution in [0.1, 0.15) is 64.2 Å². The van der Waals surface area contributed by atoms with Gasteiger partial charge in [0.05, 0.1) is 0 Å². The van der Waals surface area contributed by atoms with Gasteiger partial charge in [-0.3, -0.25) is 0 Å². The molecule has 0 rings (SSSR count). The fourth-order valence-corrected chi connectivity index (χ4v) is 2.01. The summed E-state index contributed by atoms with van der Waals surface area (Å²) in [5.74, 6) is -1.98. The maximum absolute atomic E-state index is 10.3. The summed E-state index contributed by atoms with van der Waals surface area (Å²) in [5.41, 5.74) is 0. The van der Waals surface area contributed by atoms with E-state index in [0.717, 1.165) is 31.6 Å². The smallest absolute Gasteiger partial charge is 0.370 e. The number of carboxylic acid groups (broad SMARTS) is 1. The molecule has 0 aromatic rings. The van der Waals surface area contributed by atoms with Crippen LogP contribution in [0.2, 0.25) is 0 Å². The highest BCUT2D eigenvalue weighted by molar-refractivity contribution is 5.83. The number of unbranched alkanes of at least 4 members (excludes halogenated alkanes) is 9. The van der Waals surface area contributed by atoms with Gasteiger partial charge in [-0.2, -0.15) is 0 Å². The van der Waals surface area contributed by atoms with Gasteiger partial charge >= 0.3 is 5.97 Å². The highest BCUT2D eigenvalue weighted by Gasteiger charge is 1.99. The predicted octanol–water partition coefficient (Wildman–Crippen LogP) is 4.73. The summed E-state index contributed by atoms with van der Waals surface area (Å²) in [6, 6.07) is 0. The maximum Gasteiger partial charge on any atom is 0.370 e. The Labute approximate surface area is 133 Å². The normalized spacial score (nSPS) is 12.3. The average molecular weight is 308 g/mol. The van der Waals surface area contributed by atoms with Gasteiger partial charge in [-0.1, -0.05) is 62.8 Å². The fraction of sp³-hybridized carbons (Fsp3) is 0.556. The Morgan fingerprint density at radius 2 is 1.27 bits per heavy atom. The van der Waals surface area contributed by atoms with E-state index < -0.39 is 11.7 Å². The van der Waals surface area contributed by atoms with Crippen LogP contribution in [0.3, 0.4) is 0 Å². The van der Waals surface area contributed by atoms with Crippen LogP contribution in [0.4, 0.5) is 0 Å². The molecule has 0 atom stereocenters. The summed E-state index contributed by atoms with van der Waals surface area (Å²) in [6.07, 6.45) is 20.6. The van der Waals surface area contributed by atoms with E-state index in [1.165, 1.54) is 44.6 Å². The largest absolute Gasteiger partial charge is 0.502 e. The molecular formula is C18H28O4. The van der Waals surface area contributed by atoms with Gasteiger partial charge in [0.15, 0.2) is 0 Å². The lowest BCUT2D eigenvalue weighted by atomic mass is 10.1. The second-order valence-electron chi connectivity index (χ2n) is 5.24. The third-order valence-corrected chi connectivity index (χ3v) is 3.27. The van der Waals surface area contributed by atoms with Crippen molar-refractivity contribution in [1.82, 2.24) is 0 Å². The van der Waals surface area contributed by atoms with E-state index in [4.69, 9.17) is 10.2 Å². The Hall–Kier alpha value is -1.84. The molecule has 0 aliphatic heterocycles. The van der Waals surface area contributed by atoms with Gasteiger partial charge in [0.1, 0.15) is 6.29 Å². The topological polar surface area (TPSA) is 74.6 Å². The van der Waals surface area contributed by atoms with Gasteiger partial charge in [-0.05, 0) is 25.3 Å². The van der Waals surface area contributed by atoms with E-state index in [2.05, 4.69) is 0 Å². The lowest BCUT2D eigenvalue weighted by molar-refractivity contribution is -0.135. The Morgan fingerprint density at radius 3 is 1.82 bits per heavy atom. The highest BCUT2D eigenvalue weighted by Crippen LogP contribution is 2.10. The van der Waals surface area contributed by atoms with Crippen molar-refractivity contribution in [2.45, 2.75) is 64.2 Å². The predicted molar refractivity (Wildman–Crippen MR) is 88.9 cm³/mol. The van der Waals surface area contributed by atoms with Crippen LogP contribution < -0.4 is 0 Å². The molecule has 0 bridgehead atoms. The molecule has 0 unspecified atom stereocenters. The lowest BCUT2D eigenvalue weighted by Gasteiger charge is -2.00. The first-order valence-electron chi connectivity index (χ1n) is 8.08. The van der Waals surface area contributed by atoms with Crippen molar-refractivity contribution < 1.29 is 19.8 Å². The number of rotatable bonds is 14. The number of carbonyl (C=O) groups is 2. The van der Waals surface area contributed by atoms with Gasteiger partial charge < -0.3 is 15.0 Å². The number of carbonyl (C=O) groups excluding carboxylic acids is 1. The maximum atomic E-state index is 10.3. The number of allylic oxidation sites excluding steroid dienone is 5. The van der Waals surface area contributed by atoms with E-state index in [0.29, 0.717) is 6.42 Å². The van der Waals surface area contributed by atoms with Crippen molar-refractivity contribution in [2.75, 3.05) is 0 Å². The van der Waals surface area contributed by atoms with Crippen molar-refractivity contribution in [1.29, 1.82) is 0 Å². The summed E-state index contributed by atoms with van der Waals surface area (Å²) in [5, 5.41) is 17.3. The minimum absolute atomic E-state index is 0.657. The van der Waals surface area contributed by atoms with Gasteiger partial charge in [-0.25, -0.2) is 4.79 Å². The molecule has 0 saturated heterocycles. The fourth-order valence-electron chi connectivity index (χ4n) is 2.01. The number of aldehydes is 1. The van der Waals surface area contributed by atoms with Crippen molar-refractivity contribution in [3.8, 4) is 0 Å². The first-order chi connectivity index (χ1) is 10.7. The molecule has 0 aromatic heterocycles. The number of aliphatic carboxylic acids is 1. The lowest BCUT2D eigenvalue weighted by Crippen LogP contribution is -1.97. The monoisotopic (exact) mass is 308 g/mol. The van der Waals surface area contributed by atoms with Gasteiger partial charge in [0.2, 0.25) is 5.76 Å². The molecule has 0 spiro atoms. The first-order valence-corrected chi connectivity index (χ1v) is 8.08. The van der Waals surface area contributed by atoms with Crippen LogP contribution in [0, 0.1) is 0 Å². The van der Waals surface area contributed by atoms with Gasteiger partial charge in [-0.15, -0.1) is 0 Å². The van der Waals surface area contributed by atoms with E-state index in [1.807, 2.05) is 12.2 Å². The highest BCUT2D eigenvalue weighted by atomic mass is 16.4. The SMILES string of the molecule is O=CCCCCCCCCCCC=CC=CC=C(O)C(=O)O. The average Bonchev–Trinajstić information content (AvgIpc) is 2.50. The van der Waals surface area contributed by atoms with Crippen LogP contribution in [-0.2, 0) is 9.59 Å².